The zero-order chi connectivity index (χ0) is 19.7. The van der Waals surface area contributed by atoms with E-state index in [2.05, 4.69) is 0 Å². The lowest BCUT2D eigenvalue weighted by Gasteiger charge is -2.29. The number of carbonyl (C=O) groups excluding carboxylic acids is 1. The Morgan fingerprint density at radius 2 is 2.04 bits per heavy atom. The van der Waals surface area contributed by atoms with E-state index in [4.69, 9.17) is 9.72 Å². The van der Waals surface area contributed by atoms with Crippen LogP contribution in [0.25, 0.3) is 10.2 Å². The molecule has 0 bridgehead atoms. The molecule has 1 amide bonds. The first-order valence-corrected chi connectivity index (χ1v) is 11.8. The van der Waals surface area contributed by atoms with Crippen LogP contribution in [0.5, 0.6) is 0 Å². The Hall–Kier alpha value is -1.38. The molecule has 2 aromatic heterocycles. The molecule has 1 saturated heterocycles. The smallest absolute Gasteiger partial charge is 0.263 e. The second-order valence-corrected chi connectivity index (χ2v) is 9.92. The summed E-state index contributed by atoms with van der Waals surface area (Å²) >= 11 is 3.05. The molecule has 3 heterocycles. The fourth-order valence-corrected chi connectivity index (χ4v) is 6.43. The number of hydrogen-bond acceptors (Lipinski definition) is 6. The van der Waals surface area contributed by atoms with Gasteiger partial charge in [-0.05, 0) is 51.0 Å². The maximum atomic E-state index is 13.3. The van der Waals surface area contributed by atoms with Gasteiger partial charge in [-0.1, -0.05) is 11.8 Å². The van der Waals surface area contributed by atoms with Crippen LogP contribution in [0.1, 0.15) is 43.0 Å². The fraction of sp³-hybridized carbons (Fsp3) is 0.650. The van der Waals surface area contributed by atoms with Gasteiger partial charge in [-0.2, -0.15) is 0 Å². The lowest BCUT2D eigenvalue weighted by atomic mass is 10.1. The van der Waals surface area contributed by atoms with E-state index < -0.39 is 0 Å². The molecule has 0 spiro atoms. The first kappa shape index (κ1) is 19.9. The van der Waals surface area contributed by atoms with Crippen molar-refractivity contribution in [1.82, 2.24) is 14.5 Å². The molecule has 1 aliphatic carbocycles. The molecule has 0 aromatic carbocycles. The van der Waals surface area contributed by atoms with Gasteiger partial charge >= 0.3 is 0 Å². The van der Waals surface area contributed by atoms with Crippen molar-refractivity contribution in [2.24, 2.45) is 0 Å². The number of piperidine rings is 1. The van der Waals surface area contributed by atoms with Gasteiger partial charge in [0, 0.05) is 25.1 Å². The van der Waals surface area contributed by atoms with Crippen LogP contribution in [0, 0.1) is 0 Å². The number of fused-ring (bicyclic) bond motifs is 3. The van der Waals surface area contributed by atoms with Crippen molar-refractivity contribution < 1.29 is 9.53 Å². The monoisotopic (exact) mass is 421 g/mol. The van der Waals surface area contributed by atoms with E-state index in [0.29, 0.717) is 18.3 Å². The molecule has 1 atom stereocenters. The van der Waals surface area contributed by atoms with Gasteiger partial charge < -0.3 is 9.64 Å². The van der Waals surface area contributed by atoms with Gasteiger partial charge in [-0.25, -0.2) is 4.98 Å². The van der Waals surface area contributed by atoms with Crippen LogP contribution in [0.2, 0.25) is 0 Å². The zero-order valence-electron chi connectivity index (χ0n) is 16.5. The first-order chi connectivity index (χ1) is 13.6. The molecule has 0 saturated carbocycles. The van der Waals surface area contributed by atoms with Gasteiger partial charge in [0.05, 0.1) is 23.8 Å². The summed E-state index contributed by atoms with van der Waals surface area (Å²) in [6.07, 6.45) is 6.47. The number of thiophene rings is 1. The summed E-state index contributed by atoms with van der Waals surface area (Å²) in [6.45, 7) is 4.50. The van der Waals surface area contributed by atoms with E-state index in [9.17, 15) is 9.59 Å². The molecule has 2 aromatic rings. The lowest BCUT2D eigenvalue weighted by Crippen LogP contribution is -2.40. The second-order valence-electron chi connectivity index (χ2n) is 7.53. The van der Waals surface area contributed by atoms with Gasteiger partial charge in [-0.3, -0.25) is 14.2 Å². The number of nitrogens with zero attached hydrogens (tertiary/aromatic N) is 3. The summed E-state index contributed by atoms with van der Waals surface area (Å²) < 4.78 is 6.93. The predicted octanol–water partition coefficient (Wildman–Crippen LogP) is 3.09. The molecule has 4 rings (SSSR count). The summed E-state index contributed by atoms with van der Waals surface area (Å²) in [4.78, 5) is 35.1. The Bertz CT molecular complexity index is 931. The molecule has 6 nitrogen and oxygen atoms in total. The van der Waals surface area contributed by atoms with Crippen molar-refractivity contribution in [3.8, 4) is 0 Å². The summed E-state index contributed by atoms with van der Waals surface area (Å²) in [5.41, 5.74) is 1.21. The maximum Gasteiger partial charge on any atom is 0.263 e. The highest BCUT2D eigenvalue weighted by Crippen LogP contribution is 2.36. The third-order valence-corrected chi connectivity index (χ3v) is 7.87. The molecule has 1 aliphatic heterocycles. The summed E-state index contributed by atoms with van der Waals surface area (Å²) in [5.74, 6) is 0.144. The van der Waals surface area contributed by atoms with Crippen molar-refractivity contribution in [2.45, 2.75) is 62.4 Å². The molecule has 0 radical (unpaired) electrons. The van der Waals surface area contributed by atoms with Crippen LogP contribution in [0.4, 0.5) is 0 Å². The van der Waals surface area contributed by atoms with E-state index in [1.807, 2.05) is 11.8 Å². The number of aromatic nitrogens is 2. The summed E-state index contributed by atoms with van der Waals surface area (Å²) in [6, 6.07) is 0. The van der Waals surface area contributed by atoms with E-state index in [1.54, 1.807) is 23.0 Å². The highest BCUT2D eigenvalue weighted by atomic mass is 32.2. The topological polar surface area (TPSA) is 64.4 Å². The number of aryl methyl sites for hydroxylation is 2. The largest absolute Gasteiger partial charge is 0.383 e. The fourth-order valence-electron chi connectivity index (χ4n) is 4.11. The van der Waals surface area contributed by atoms with Gasteiger partial charge in [0.25, 0.3) is 5.56 Å². The number of likely N-dealkylation sites (tertiary alicyclic amines) is 1. The Balaban J connectivity index is 1.66. The summed E-state index contributed by atoms with van der Waals surface area (Å²) in [5, 5.41) is 1.16. The molecular formula is C20H27N3O3S2. The number of ether oxygens (including phenoxy) is 1. The number of carbonyl (C=O) groups is 1. The standard InChI is InChI=1S/C20H27N3O3S2/c1-13(18(24)22-9-4-3-5-10-22)27-20-21-17-16(14-7-6-8-15(14)28-17)19(25)23(20)11-12-26-2/h13H,3-12H2,1-2H3/t13-/m1/s1. The molecule has 152 valence electrons. The average Bonchev–Trinajstić information content (AvgIpc) is 3.28. The predicted molar refractivity (Wildman–Crippen MR) is 114 cm³/mol. The molecule has 8 heteroatoms. The van der Waals surface area contributed by atoms with Gasteiger partial charge in [0.15, 0.2) is 5.16 Å². The number of amides is 1. The van der Waals surface area contributed by atoms with Crippen LogP contribution in [-0.2, 0) is 28.9 Å². The third-order valence-electron chi connectivity index (χ3n) is 5.61. The highest BCUT2D eigenvalue weighted by Gasteiger charge is 2.27. The van der Waals surface area contributed by atoms with E-state index in [1.165, 1.54) is 28.6 Å². The van der Waals surface area contributed by atoms with Crippen molar-refractivity contribution >= 4 is 39.2 Å². The number of methoxy groups -OCH3 is 1. The molecule has 0 N–H and O–H groups in total. The van der Waals surface area contributed by atoms with Crippen molar-refractivity contribution in [3.05, 3.63) is 20.8 Å². The lowest BCUT2D eigenvalue weighted by molar-refractivity contribution is -0.131. The minimum Gasteiger partial charge on any atom is -0.383 e. The Morgan fingerprint density at radius 1 is 1.25 bits per heavy atom. The zero-order valence-corrected chi connectivity index (χ0v) is 18.2. The van der Waals surface area contributed by atoms with Crippen LogP contribution >= 0.6 is 23.1 Å². The SMILES string of the molecule is COCCn1c(S[C@H](C)C(=O)N2CCCCC2)nc2sc3c(c2c1=O)CCC3. The minimum absolute atomic E-state index is 0.0153. The van der Waals surface area contributed by atoms with E-state index in [-0.39, 0.29) is 16.7 Å². The Labute approximate surface area is 173 Å². The van der Waals surface area contributed by atoms with Crippen molar-refractivity contribution in [2.75, 3.05) is 26.8 Å². The van der Waals surface area contributed by atoms with Crippen LogP contribution in [0.3, 0.4) is 0 Å². The molecular weight excluding hydrogens is 394 g/mol. The van der Waals surface area contributed by atoms with Gasteiger partial charge in [0.1, 0.15) is 4.83 Å². The molecule has 28 heavy (non-hydrogen) atoms. The maximum absolute atomic E-state index is 13.3. The van der Waals surface area contributed by atoms with Crippen molar-refractivity contribution in [1.29, 1.82) is 0 Å². The van der Waals surface area contributed by atoms with Crippen LogP contribution in [-0.4, -0.2) is 52.4 Å². The quantitative estimate of drug-likeness (QED) is 0.530. The van der Waals surface area contributed by atoms with Crippen LogP contribution in [0.15, 0.2) is 9.95 Å². The normalized spacial score (nSPS) is 17.9. The minimum atomic E-state index is -0.261. The second kappa shape index (κ2) is 8.55. The summed E-state index contributed by atoms with van der Waals surface area (Å²) in [7, 11) is 1.63. The van der Waals surface area contributed by atoms with Gasteiger partial charge in [-0.15, -0.1) is 11.3 Å². The average molecular weight is 422 g/mol. The van der Waals surface area contributed by atoms with Crippen LogP contribution < -0.4 is 5.56 Å². The number of rotatable bonds is 6. The van der Waals surface area contributed by atoms with Gasteiger partial charge in [0.2, 0.25) is 5.91 Å². The molecule has 0 unspecified atom stereocenters. The van der Waals surface area contributed by atoms with E-state index in [0.717, 1.165) is 55.4 Å². The highest BCUT2D eigenvalue weighted by molar-refractivity contribution is 8.00. The molecule has 1 fully saturated rings. The third kappa shape index (κ3) is 3.74. The number of hydrogen-bond donors (Lipinski definition) is 0. The first-order valence-electron chi connectivity index (χ1n) is 10.1. The van der Waals surface area contributed by atoms with E-state index >= 15 is 0 Å². The van der Waals surface area contributed by atoms with Crippen molar-refractivity contribution in [3.63, 3.8) is 0 Å². The Kier molecular flexibility index (Phi) is 6.08. The number of thioether (sulfide) groups is 1. The Morgan fingerprint density at radius 3 is 2.79 bits per heavy atom. The molecule has 2 aliphatic rings.